The standard InChI is InChI=1S/C25H30O/c1-23(2)16-24(3,4)25(23)21-10-6-5-9-19(21)20-12-11-17(15-22(20)25)14-18-8-7-13-26-18/h5-6,9-12,15,18H,7-8,13-14,16H2,1-4H3. The van der Waals surface area contributed by atoms with Crippen molar-refractivity contribution in [2.45, 2.75) is 64.9 Å². The summed E-state index contributed by atoms with van der Waals surface area (Å²) in [5.41, 5.74) is 8.14. The average molecular weight is 347 g/mol. The first-order chi connectivity index (χ1) is 12.4. The fourth-order valence-corrected chi connectivity index (χ4v) is 7.16. The van der Waals surface area contributed by atoms with Crippen molar-refractivity contribution in [1.82, 2.24) is 0 Å². The molecule has 0 aromatic heterocycles. The van der Waals surface area contributed by atoms with Gasteiger partial charge in [0.25, 0.3) is 0 Å². The van der Waals surface area contributed by atoms with E-state index in [0.717, 1.165) is 13.0 Å². The first-order valence-corrected chi connectivity index (χ1v) is 10.2. The molecule has 0 N–H and O–H groups in total. The minimum Gasteiger partial charge on any atom is -0.378 e. The first-order valence-electron chi connectivity index (χ1n) is 10.2. The zero-order valence-electron chi connectivity index (χ0n) is 16.6. The number of fused-ring (bicyclic) bond motifs is 5. The maximum absolute atomic E-state index is 5.91. The second-order valence-corrected chi connectivity index (χ2v) is 9.96. The van der Waals surface area contributed by atoms with Gasteiger partial charge in [0.05, 0.1) is 6.10 Å². The maximum Gasteiger partial charge on any atom is 0.0616 e. The van der Waals surface area contributed by atoms with E-state index in [1.54, 1.807) is 11.1 Å². The van der Waals surface area contributed by atoms with Gasteiger partial charge in [0, 0.05) is 12.0 Å². The zero-order valence-corrected chi connectivity index (χ0v) is 16.6. The summed E-state index contributed by atoms with van der Waals surface area (Å²) in [7, 11) is 0. The number of hydrogen-bond donors (Lipinski definition) is 0. The molecule has 1 atom stereocenters. The van der Waals surface area contributed by atoms with Gasteiger partial charge in [0.1, 0.15) is 0 Å². The highest BCUT2D eigenvalue weighted by atomic mass is 16.5. The molecule has 3 aliphatic rings. The molecule has 5 rings (SSSR count). The minimum atomic E-state index is 0.123. The number of hydrogen-bond acceptors (Lipinski definition) is 1. The lowest BCUT2D eigenvalue weighted by atomic mass is 9.36. The van der Waals surface area contributed by atoms with E-state index in [1.165, 1.54) is 36.0 Å². The third-order valence-corrected chi connectivity index (χ3v) is 7.51. The highest BCUT2D eigenvalue weighted by Crippen LogP contribution is 2.75. The summed E-state index contributed by atoms with van der Waals surface area (Å²) < 4.78 is 5.91. The summed E-state index contributed by atoms with van der Waals surface area (Å²) >= 11 is 0. The predicted octanol–water partition coefficient (Wildman–Crippen LogP) is 6.13. The normalized spacial score (nSPS) is 26.4. The fraction of sp³-hybridized carbons (Fsp3) is 0.520. The average Bonchev–Trinajstić information content (AvgIpc) is 3.18. The molecule has 2 fully saturated rings. The predicted molar refractivity (Wildman–Crippen MR) is 108 cm³/mol. The van der Waals surface area contributed by atoms with Crippen LogP contribution in [0.25, 0.3) is 11.1 Å². The zero-order chi connectivity index (χ0) is 18.2. The molecule has 0 bridgehead atoms. The van der Waals surface area contributed by atoms with Crippen LogP contribution in [0.2, 0.25) is 0 Å². The van der Waals surface area contributed by atoms with Crippen molar-refractivity contribution in [2.75, 3.05) is 6.61 Å². The highest BCUT2D eigenvalue weighted by molar-refractivity contribution is 5.83. The molecule has 1 saturated heterocycles. The molecule has 26 heavy (non-hydrogen) atoms. The fourth-order valence-electron chi connectivity index (χ4n) is 7.16. The van der Waals surface area contributed by atoms with E-state index in [-0.39, 0.29) is 16.2 Å². The lowest BCUT2D eigenvalue weighted by molar-refractivity contribution is -0.0858. The van der Waals surface area contributed by atoms with E-state index in [4.69, 9.17) is 4.74 Å². The summed E-state index contributed by atoms with van der Waals surface area (Å²) in [6.45, 7) is 10.8. The van der Waals surface area contributed by atoms with Gasteiger partial charge in [-0.05, 0) is 64.3 Å². The largest absolute Gasteiger partial charge is 0.378 e. The maximum atomic E-state index is 5.91. The first kappa shape index (κ1) is 16.6. The topological polar surface area (TPSA) is 9.23 Å². The van der Waals surface area contributed by atoms with Gasteiger partial charge < -0.3 is 4.74 Å². The lowest BCUT2D eigenvalue weighted by Crippen LogP contribution is -2.63. The molecule has 1 nitrogen and oxygen atoms in total. The van der Waals surface area contributed by atoms with Crippen molar-refractivity contribution in [3.05, 3.63) is 59.2 Å². The minimum absolute atomic E-state index is 0.123. The summed E-state index contributed by atoms with van der Waals surface area (Å²) in [6, 6.07) is 16.4. The molecule has 1 spiro atoms. The van der Waals surface area contributed by atoms with Crippen LogP contribution in [0.1, 0.15) is 63.6 Å². The lowest BCUT2D eigenvalue weighted by Gasteiger charge is -2.67. The van der Waals surface area contributed by atoms with Crippen molar-refractivity contribution >= 4 is 0 Å². The van der Waals surface area contributed by atoms with Crippen LogP contribution >= 0.6 is 0 Å². The molecule has 2 aromatic carbocycles. The van der Waals surface area contributed by atoms with Crippen molar-refractivity contribution in [2.24, 2.45) is 10.8 Å². The Labute approximate surface area is 157 Å². The van der Waals surface area contributed by atoms with E-state index in [9.17, 15) is 0 Å². The van der Waals surface area contributed by atoms with E-state index in [1.807, 2.05) is 0 Å². The number of ether oxygens (including phenoxy) is 1. The Morgan fingerprint density at radius 2 is 1.65 bits per heavy atom. The number of rotatable bonds is 2. The molecule has 1 heteroatoms. The molecule has 1 saturated carbocycles. The molecule has 1 unspecified atom stereocenters. The monoisotopic (exact) mass is 346 g/mol. The van der Waals surface area contributed by atoms with Gasteiger partial charge in [-0.2, -0.15) is 0 Å². The van der Waals surface area contributed by atoms with E-state index >= 15 is 0 Å². The van der Waals surface area contributed by atoms with Gasteiger partial charge in [-0.25, -0.2) is 0 Å². The Morgan fingerprint density at radius 1 is 0.923 bits per heavy atom. The Morgan fingerprint density at radius 3 is 2.35 bits per heavy atom. The van der Waals surface area contributed by atoms with Crippen LogP contribution in [-0.4, -0.2) is 12.7 Å². The van der Waals surface area contributed by atoms with Gasteiger partial charge in [-0.1, -0.05) is 70.2 Å². The van der Waals surface area contributed by atoms with Crippen LogP contribution in [0.5, 0.6) is 0 Å². The molecule has 2 aromatic rings. The van der Waals surface area contributed by atoms with Gasteiger partial charge in [0.15, 0.2) is 0 Å². The summed E-state index contributed by atoms with van der Waals surface area (Å²) in [6.07, 6.45) is 5.16. The van der Waals surface area contributed by atoms with Gasteiger partial charge in [-0.3, -0.25) is 0 Å². The molecule has 1 heterocycles. The Balaban J connectivity index is 1.70. The summed E-state index contributed by atoms with van der Waals surface area (Å²) in [5, 5.41) is 0. The molecule has 2 aliphatic carbocycles. The van der Waals surface area contributed by atoms with Crippen LogP contribution < -0.4 is 0 Å². The molecule has 0 radical (unpaired) electrons. The molecule has 136 valence electrons. The summed E-state index contributed by atoms with van der Waals surface area (Å²) in [4.78, 5) is 0. The molecule has 1 aliphatic heterocycles. The van der Waals surface area contributed by atoms with Crippen LogP contribution in [-0.2, 0) is 16.6 Å². The van der Waals surface area contributed by atoms with E-state index in [2.05, 4.69) is 70.2 Å². The van der Waals surface area contributed by atoms with Gasteiger partial charge in [-0.15, -0.1) is 0 Å². The molecule has 0 amide bonds. The third-order valence-electron chi connectivity index (χ3n) is 7.51. The van der Waals surface area contributed by atoms with E-state index < -0.39 is 0 Å². The van der Waals surface area contributed by atoms with Crippen molar-refractivity contribution in [3.8, 4) is 11.1 Å². The van der Waals surface area contributed by atoms with Gasteiger partial charge >= 0.3 is 0 Å². The van der Waals surface area contributed by atoms with Gasteiger partial charge in [0.2, 0.25) is 0 Å². The second-order valence-electron chi connectivity index (χ2n) is 9.96. The SMILES string of the molecule is CC1(C)CC(C)(C)C12c1ccccc1-c1ccc(CC3CCCO3)cc12. The smallest absolute Gasteiger partial charge is 0.0616 e. The second kappa shape index (κ2) is 5.23. The molecular formula is C25H30O. The summed E-state index contributed by atoms with van der Waals surface area (Å²) in [5.74, 6) is 0. The Kier molecular flexibility index (Phi) is 3.33. The Hall–Kier alpha value is -1.60. The van der Waals surface area contributed by atoms with E-state index in [0.29, 0.717) is 6.10 Å². The van der Waals surface area contributed by atoms with Crippen LogP contribution in [0, 0.1) is 10.8 Å². The van der Waals surface area contributed by atoms with Crippen LogP contribution in [0.4, 0.5) is 0 Å². The Bertz CT molecular complexity index is 853. The highest BCUT2D eigenvalue weighted by Gasteiger charge is 2.69. The van der Waals surface area contributed by atoms with Crippen LogP contribution in [0.15, 0.2) is 42.5 Å². The van der Waals surface area contributed by atoms with Crippen LogP contribution in [0.3, 0.4) is 0 Å². The number of benzene rings is 2. The van der Waals surface area contributed by atoms with Crippen molar-refractivity contribution < 1.29 is 4.74 Å². The van der Waals surface area contributed by atoms with Crippen molar-refractivity contribution in [3.63, 3.8) is 0 Å². The third kappa shape index (κ3) is 1.90. The molecular weight excluding hydrogens is 316 g/mol. The quantitative estimate of drug-likeness (QED) is 0.635. The van der Waals surface area contributed by atoms with Crippen molar-refractivity contribution in [1.29, 1.82) is 0 Å².